The molecular formula is C32H28N4O6. The Kier molecular flexibility index (Phi) is 6.87. The van der Waals surface area contributed by atoms with E-state index in [-0.39, 0.29) is 11.9 Å². The number of hydrogen-bond donors (Lipinski definition) is 1. The zero-order valence-corrected chi connectivity index (χ0v) is 23.7. The molecule has 0 spiro atoms. The molecule has 6 rings (SSSR count). The number of carbonyl (C=O) groups excluding carboxylic acids is 1. The molecule has 0 saturated heterocycles. The number of rotatable bonds is 8. The van der Waals surface area contributed by atoms with Crippen LogP contribution in [-0.4, -0.2) is 48.9 Å². The van der Waals surface area contributed by atoms with Crippen LogP contribution >= 0.6 is 0 Å². The molecule has 0 unspecified atom stereocenters. The van der Waals surface area contributed by atoms with Gasteiger partial charge in [-0.1, -0.05) is 0 Å². The van der Waals surface area contributed by atoms with Crippen molar-refractivity contribution in [3.63, 3.8) is 0 Å². The molecule has 0 fully saturated rings. The zero-order valence-electron chi connectivity index (χ0n) is 23.7. The number of fused-ring (bicyclic) bond motifs is 2. The first-order valence-electron chi connectivity index (χ1n) is 13.0. The predicted molar refractivity (Wildman–Crippen MR) is 160 cm³/mol. The van der Waals surface area contributed by atoms with E-state index in [1.54, 1.807) is 58.9 Å². The van der Waals surface area contributed by atoms with Crippen LogP contribution in [0.5, 0.6) is 23.0 Å². The molecular weight excluding hydrogens is 536 g/mol. The average molecular weight is 565 g/mol. The normalized spacial score (nSPS) is 11.1. The average Bonchev–Trinajstić information content (AvgIpc) is 3.59. The first-order valence-corrected chi connectivity index (χ1v) is 13.0. The van der Waals surface area contributed by atoms with Gasteiger partial charge in [-0.25, -0.2) is 4.98 Å². The van der Waals surface area contributed by atoms with E-state index in [1.165, 1.54) is 0 Å². The molecule has 0 bridgehead atoms. The molecule has 0 aliphatic rings. The minimum Gasteiger partial charge on any atom is -0.497 e. The van der Waals surface area contributed by atoms with Gasteiger partial charge in [0.05, 0.1) is 33.8 Å². The Morgan fingerprint density at radius 2 is 1.60 bits per heavy atom. The molecule has 3 heterocycles. The molecule has 3 aromatic carbocycles. The Hall–Kier alpha value is -5.51. The summed E-state index contributed by atoms with van der Waals surface area (Å²) in [5.74, 6) is 2.45. The number of amides is 1. The van der Waals surface area contributed by atoms with E-state index in [1.807, 2.05) is 43.6 Å². The number of furan rings is 1. The van der Waals surface area contributed by atoms with Gasteiger partial charge in [-0.15, -0.1) is 0 Å². The van der Waals surface area contributed by atoms with Crippen molar-refractivity contribution in [1.29, 1.82) is 0 Å². The number of ether oxygens (including phenoxy) is 4. The van der Waals surface area contributed by atoms with Crippen LogP contribution in [0.25, 0.3) is 44.5 Å². The Morgan fingerprint density at radius 3 is 2.26 bits per heavy atom. The first-order chi connectivity index (χ1) is 20.4. The van der Waals surface area contributed by atoms with Gasteiger partial charge in [-0.2, -0.15) is 4.98 Å². The van der Waals surface area contributed by atoms with E-state index in [0.717, 1.165) is 27.6 Å². The van der Waals surface area contributed by atoms with E-state index >= 15 is 0 Å². The van der Waals surface area contributed by atoms with Crippen molar-refractivity contribution in [2.75, 3.05) is 33.8 Å². The summed E-state index contributed by atoms with van der Waals surface area (Å²) in [6, 6.07) is 18.6. The third kappa shape index (κ3) is 4.62. The maximum Gasteiger partial charge on any atom is 0.258 e. The minimum absolute atomic E-state index is 0.110. The molecule has 6 aromatic rings. The predicted octanol–water partition coefficient (Wildman–Crippen LogP) is 6.34. The molecule has 0 atom stereocenters. The van der Waals surface area contributed by atoms with Crippen LogP contribution in [0.4, 0.5) is 5.95 Å². The van der Waals surface area contributed by atoms with Crippen molar-refractivity contribution < 1.29 is 28.2 Å². The largest absolute Gasteiger partial charge is 0.497 e. The molecule has 212 valence electrons. The van der Waals surface area contributed by atoms with Crippen molar-refractivity contribution in [2.24, 2.45) is 7.05 Å². The number of carbonyl (C=O) groups is 1. The Labute approximate surface area is 241 Å². The third-order valence-corrected chi connectivity index (χ3v) is 7.13. The molecule has 10 nitrogen and oxygen atoms in total. The van der Waals surface area contributed by atoms with Crippen molar-refractivity contribution in [1.82, 2.24) is 14.5 Å². The lowest BCUT2D eigenvalue weighted by atomic mass is 9.98. The summed E-state index contributed by atoms with van der Waals surface area (Å²) in [6.07, 6.45) is 3.65. The second-order valence-electron chi connectivity index (χ2n) is 9.52. The molecule has 0 radical (unpaired) electrons. The van der Waals surface area contributed by atoms with Crippen molar-refractivity contribution in [3.05, 3.63) is 78.6 Å². The molecule has 0 aliphatic carbocycles. The monoisotopic (exact) mass is 564 g/mol. The van der Waals surface area contributed by atoms with Gasteiger partial charge >= 0.3 is 0 Å². The Bertz CT molecular complexity index is 1920. The Morgan fingerprint density at radius 1 is 0.857 bits per heavy atom. The molecule has 1 amide bonds. The summed E-state index contributed by atoms with van der Waals surface area (Å²) >= 11 is 0. The molecule has 0 saturated carbocycles. The summed E-state index contributed by atoms with van der Waals surface area (Å²) in [5, 5.41) is 4.46. The van der Waals surface area contributed by atoms with Crippen molar-refractivity contribution in [3.8, 4) is 45.4 Å². The van der Waals surface area contributed by atoms with Gasteiger partial charge in [0.2, 0.25) is 17.4 Å². The maximum absolute atomic E-state index is 12.9. The highest BCUT2D eigenvalue weighted by Crippen LogP contribution is 2.46. The van der Waals surface area contributed by atoms with Gasteiger partial charge in [0, 0.05) is 47.0 Å². The maximum atomic E-state index is 12.9. The van der Waals surface area contributed by atoms with Crippen LogP contribution < -0.4 is 24.3 Å². The number of hydrogen-bond acceptors (Lipinski definition) is 8. The lowest BCUT2D eigenvalue weighted by Crippen LogP contribution is -2.13. The fourth-order valence-electron chi connectivity index (χ4n) is 5.00. The van der Waals surface area contributed by atoms with E-state index in [2.05, 4.69) is 25.9 Å². The van der Waals surface area contributed by atoms with E-state index in [4.69, 9.17) is 23.4 Å². The molecule has 42 heavy (non-hydrogen) atoms. The number of aromatic nitrogens is 3. The number of nitrogens with one attached hydrogen (secondary N) is 1. The quantitative estimate of drug-likeness (QED) is 0.228. The van der Waals surface area contributed by atoms with Gasteiger partial charge in [0.25, 0.3) is 5.91 Å². The number of nitrogens with zero attached hydrogens (tertiary/aromatic N) is 3. The van der Waals surface area contributed by atoms with Crippen LogP contribution in [-0.2, 0) is 7.05 Å². The van der Waals surface area contributed by atoms with E-state index < -0.39 is 0 Å². The summed E-state index contributed by atoms with van der Waals surface area (Å²) < 4.78 is 30.4. The van der Waals surface area contributed by atoms with Gasteiger partial charge in [-0.3, -0.25) is 10.1 Å². The molecule has 0 aliphatic heterocycles. The van der Waals surface area contributed by atoms with Crippen molar-refractivity contribution >= 4 is 33.9 Å². The lowest BCUT2D eigenvalue weighted by molar-refractivity contribution is 0.102. The molecule has 3 aromatic heterocycles. The third-order valence-electron chi connectivity index (χ3n) is 7.13. The fraction of sp³-hybridized carbons (Fsp3) is 0.156. The number of methoxy groups -OCH3 is 4. The smallest absolute Gasteiger partial charge is 0.258 e. The molecule has 1 N–H and O–H groups in total. The second kappa shape index (κ2) is 10.8. The fourth-order valence-corrected chi connectivity index (χ4v) is 5.00. The summed E-state index contributed by atoms with van der Waals surface area (Å²) in [5.41, 5.74) is 4.18. The summed E-state index contributed by atoms with van der Waals surface area (Å²) in [6.45, 7) is 0. The second-order valence-corrected chi connectivity index (χ2v) is 9.52. The number of benzene rings is 3. The van der Waals surface area contributed by atoms with Gasteiger partial charge < -0.3 is 27.9 Å². The minimum atomic E-state index is -0.358. The standard InChI is InChI=1S/C32H28N4O6/c1-36-13-12-19-14-20(8-11-24(19)36)28-27(21-15-25(39-3)29(41-5)26(16-21)40-4)23-17-33-32(35-31(23)42-28)34-30(37)18-6-9-22(38-2)10-7-18/h6-17H,1-5H3,(H,33,34,35,37). The number of anilines is 1. The number of aryl methyl sites for hydroxylation is 1. The Balaban J connectivity index is 1.50. The van der Waals surface area contributed by atoms with Gasteiger partial charge in [0.15, 0.2) is 11.5 Å². The molecule has 10 heteroatoms. The highest BCUT2D eigenvalue weighted by molar-refractivity contribution is 6.05. The summed E-state index contributed by atoms with van der Waals surface area (Å²) in [4.78, 5) is 21.9. The van der Waals surface area contributed by atoms with Crippen molar-refractivity contribution in [2.45, 2.75) is 0 Å². The highest BCUT2D eigenvalue weighted by Gasteiger charge is 2.24. The van der Waals surface area contributed by atoms with Gasteiger partial charge in [-0.05, 0) is 66.2 Å². The van der Waals surface area contributed by atoms with Crippen LogP contribution in [0.15, 0.2) is 77.5 Å². The topological polar surface area (TPSA) is 110 Å². The van der Waals surface area contributed by atoms with Gasteiger partial charge in [0.1, 0.15) is 11.5 Å². The SMILES string of the molecule is COc1ccc(C(=O)Nc2ncc3c(-c4cc(OC)c(OC)c(OC)c4)c(-c4ccc5c(ccn5C)c4)oc3n2)cc1. The van der Waals surface area contributed by atoms with Crippen LogP contribution in [0.1, 0.15) is 10.4 Å². The van der Waals surface area contributed by atoms with E-state index in [9.17, 15) is 4.79 Å². The summed E-state index contributed by atoms with van der Waals surface area (Å²) in [7, 11) is 8.27. The van der Waals surface area contributed by atoms with E-state index in [0.29, 0.717) is 45.4 Å². The van der Waals surface area contributed by atoms with Crippen LogP contribution in [0, 0.1) is 0 Å². The zero-order chi connectivity index (χ0) is 29.4. The lowest BCUT2D eigenvalue weighted by Gasteiger charge is -2.14. The van der Waals surface area contributed by atoms with Crippen LogP contribution in [0.2, 0.25) is 0 Å². The first kappa shape index (κ1) is 26.7. The van der Waals surface area contributed by atoms with Crippen LogP contribution in [0.3, 0.4) is 0 Å². The highest BCUT2D eigenvalue weighted by atomic mass is 16.5.